The summed E-state index contributed by atoms with van der Waals surface area (Å²) < 4.78 is 0. The van der Waals surface area contributed by atoms with Crippen LogP contribution in [0.2, 0.25) is 0 Å². The van der Waals surface area contributed by atoms with E-state index in [9.17, 15) is 14.4 Å². The average molecular weight is 438 g/mol. The van der Waals surface area contributed by atoms with Crippen molar-refractivity contribution >= 4 is 34.5 Å². The third-order valence-corrected chi connectivity index (χ3v) is 5.78. The molecule has 4 N–H and O–H groups in total. The lowest BCUT2D eigenvalue weighted by Crippen LogP contribution is -2.45. The zero-order chi connectivity index (χ0) is 22.5. The van der Waals surface area contributed by atoms with Gasteiger partial charge in [-0.05, 0) is 50.3 Å². The van der Waals surface area contributed by atoms with Crippen molar-refractivity contribution in [1.82, 2.24) is 25.1 Å². The molecular weight excluding hydrogens is 412 g/mol. The van der Waals surface area contributed by atoms with Gasteiger partial charge in [0.25, 0.3) is 0 Å². The van der Waals surface area contributed by atoms with Crippen LogP contribution in [-0.2, 0) is 9.59 Å². The van der Waals surface area contributed by atoms with Crippen LogP contribution < -0.4 is 16.3 Å². The molecule has 4 rings (SSSR count). The summed E-state index contributed by atoms with van der Waals surface area (Å²) >= 11 is 0. The Morgan fingerprint density at radius 3 is 2.66 bits per heavy atom. The van der Waals surface area contributed by atoms with Gasteiger partial charge in [-0.15, -0.1) is 0 Å². The monoisotopic (exact) mass is 438 g/mol. The van der Waals surface area contributed by atoms with Crippen LogP contribution in [0.5, 0.6) is 0 Å². The van der Waals surface area contributed by atoms with Crippen LogP contribution in [-0.4, -0.2) is 69.8 Å². The van der Waals surface area contributed by atoms with E-state index >= 15 is 0 Å². The number of carbonyl (C=O) groups excluding carboxylic acids is 2. The smallest absolute Gasteiger partial charge is 0.323 e. The number of benzene rings is 1. The highest BCUT2D eigenvalue weighted by Gasteiger charge is 2.30. The van der Waals surface area contributed by atoms with E-state index in [-0.39, 0.29) is 30.0 Å². The Bertz CT molecular complexity index is 1120. The van der Waals surface area contributed by atoms with Crippen molar-refractivity contribution in [3.05, 3.63) is 28.7 Å². The predicted molar refractivity (Wildman–Crippen MR) is 119 cm³/mol. The van der Waals surface area contributed by atoms with E-state index in [2.05, 4.69) is 25.6 Å². The van der Waals surface area contributed by atoms with Crippen molar-refractivity contribution in [2.45, 2.75) is 38.1 Å². The third-order valence-electron chi connectivity index (χ3n) is 5.78. The first-order chi connectivity index (χ1) is 15.5. The second-order valence-corrected chi connectivity index (χ2v) is 8.04. The Hall–Kier alpha value is -3.81. The highest BCUT2D eigenvalue weighted by molar-refractivity contribution is 5.98. The van der Waals surface area contributed by atoms with Crippen LogP contribution in [0.3, 0.4) is 0 Å². The number of nitrogens with zero attached hydrogens (tertiary/aromatic N) is 4. The molecule has 11 nitrogen and oxygen atoms in total. The maximum atomic E-state index is 13.1. The van der Waals surface area contributed by atoms with Crippen molar-refractivity contribution < 1.29 is 9.59 Å². The summed E-state index contributed by atoms with van der Waals surface area (Å²) in [6.45, 7) is 2.09. The minimum Gasteiger partial charge on any atom is -0.341 e. The number of carbonyl (C=O) groups is 2. The Morgan fingerprint density at radius 2 is 1.88 bits per heavy atom. The van der Waals surface area contributed by atoms with E-state index in [0.29, 0.717) is 29.7 Å². The number of nitrogens with one attached hydrogen (secondary N) is 4. The molecule has 0 saturated carbocycles. The Kier molecular flexibility index (Phi) is 6.39. The standard InChI is InChI=1S/C21H26N8O3/c22-13-23-20(24-14-6-7-15-17(11-14)27-21(32)26-15)25-16-5-1-2-10-29(19(16)31)12-18(30)28-8-3-4-9-28/h6-7,11,16H,1-5,8-10,12H2,(H2,23,24,25)(H2,26,27,32). The van der Waals surface area contributed by atoms with Gasteiger partial charge < -0.3 is 25.1 Å². The number of aromatic nitrogens is 2. The van der Waals surface area contributed by atoms with Gasteiger partial charge in [-0.2, -0.15) is 5.26 Å². The zero-order valence-electron chi connectivity index (χ0n) is 17.7. The number of likely N-dealkylation sites (tertiary alicyclic amines) is 2. The molecule has 1 atom stereocenters. The van der Waals surface area contributed by atoms with Crippen molar-refractivity contribution in [3.8, 4) is 6.19 Å². The minimum atomic E-state index is -0.692. The molecule has 2 saturated heterocycles. The van der Waals surface area contributed by atoms with E-state index in [0.717, 1.165) is 38.8 Å². The number of rotatable bonds is 4. The summed E-state index contributed by atoms with van der Waals surface area (Å²) in [7, 11) is 0. The molecule has 2 aliphatic rings. The summed E-state index contributed by atoms with van der Waals surface area (Å²) in [6, 6.07) is 4.47. The number of aliphatic imine (C=N–C) groups is 1. The molecule has 2 aromatic rings. The lowest BCUT2D eigenvalue weighted by molar-refractivity contribution is -0.140. The zero-order valence-corrected chi connectivity index (χ0v) is 17.7. The van der Waals surface area contributed by atoms with Gasteiger partial charge in [-0.3, -0.25) is 14.9 Å². The minimum absolute atomic E-state index is 0.0252. The number of anilines is 1. The first kappa shape index (κ1) is 21.4. The van der Waals surface area contributed by atoms with Gasteiger partial charge in [-0.1, -0.05) is 0 Å². The molecule has 1 unspecified atom stereocenters. The Morgan fingerprint density at radius 1 is 1.12 bits per heavy atom. The molecule has 1 aromatic carbocycles. The molecule has 32 heavy (non-hydrogen) atoms. The fourth-order valence-corrected chi connectivity index (χ4v) is 4.14. The first-order valence-electron chi connectivity index (χ1n) is 10.8. The maximum absolute atomic E-state index is 13.1. The molecule has 0 bridgehead atoms. The highest BCUT2D eigenvalue weighted by Crippen LogP contribution is 2.18. The molecule has 2 fully saturated rings. The Labute approximate surface area is 184 Å². The fraction of sp³-hybridized carbons (Fsp3) is 0.476. The van der Waals surface area contributed by atoms with Crippen LogP contribution in [0.15, 0.2) is 28.0 Å². The van der Waals surface area contributed by atoms with Crippen LogP contribution in [0.1, 0.15) is 32.1 Å². The molecule has 168 valence electrons. The SMILES string of the molecule is N#CNC(=NC1CCCCN(CC(=O)N2CCCC2)C1=O)Nc1ccc2[nH]c(=O)[nH]c2c1. The highest BCUT2D eigenvalue weighted by atomic mass is 16.2. The molecule has 3 heterocycles. The number of hydrogen-bond acceptors (Lipinski definition) is 5. The summed E-state index contributed by atoms with van der Waals surface area (Å²) in [5, 5.41) is 14.6. The van der Waals surface area contributed by atoms with E-state index < -0.39 is 6.04 Å². The number of hydrogen-bond donors (Lipinski definition) is 4. The number of amides is 2. The Balaban J connectivity index is 1.50. The summed E-state index contributed by atoms with van der Waals surface area (Å²) in [4.78, 5) is 50.4. The summed E-state index contributed by atoms with van der Waals surface area (Å²) in [6.07, 6.45) is 5.98. The lowest BCUT2D eigenvalue weighted by atomic mass is 10.1. The van der Waals surface area contributed by atoms with E-state index in [1.807, 2.05) is 11.1 Å². The van der Waals surface area contributed by atoms with Crippen LogP contribution in [0.4, 0.5) is 5.69 Å². The average Bonchev–Trinajstić information content (AvgIpc) is 3.39. The molecule has 0 radical (unpaired) electrons. The number of nitriles is 1. The van der Waals surface area contributed by atoms with E-state index in [4.69, 9.17) is 5.26 Å². The van der Waals surface area contributed by atoms with Crippen molar-refractivity contribution in [2.75, 3.05) is 31.5 Å². The molecule has 0 spiro atoms. The van der Waals surface area contributed by atoms with E-state index in [1.165, 1.54) is 0 Å². The number of fused-ring (bicyclic) bond motifs is 1. The number of H-pyrrole nitrogens is 2. The predicted octanol–water partition coefficient (Wildman–Crippen LogP) is 0.698. The van der Waals surface area contributed by atoms with Crippen molar-refractivity contribution in [3.63, 3.8) is 0 Å². The maximum Gasteiger partial charge on any atom is 0.323 e. The van der Waals surface area contributed by atoms with Gasteiger partial charge in [0.05, 0.1) is 17.6 Å². The number of guanidine groups is 1. The fourth-order valence-electron chi connectivity index (χ4n) is 4.14. The third kappa shape index (κ3) is 4.91. The molecule has 11 heteroatoms. The van der Waals surface area contributed by atoms with Crippen molar-refractivity contribution in [1.29, 1.82) is 5.26 Å². The van der Waals surface area contributed by atoms with Crippen LogP contribution >= 0.6 is 0 Å². The largest absolute Gasteiger partial charge is 0.341 e. The molecule has 2 amide bonds. The lowest BCUT2D eigenvalue weighted by Gasteiger charge is -2.25. The number of aromatic amines is 2. The second-order valence-electron chi connectivity index (χ2n) is 8.04. The van der Waals surface area contributed by atoms with Gasteiger partial charge >= 0.3 is 5.69 Å². The topological polar surface area (TPSA) is 149 Å². The van der Waals surface area contributed by atoms with Gasteiger partial charge in [0.15, 0.2) is 6.19 Å². The second kappa shape index (κ2) is 9.55. The van der Waals surface area contributed by atoms with Gasteiger partial charge in [0.1, 0.15) is 6.04 Å². The van der Waals surface area contributed by atoms with E-state index in [1.54, 1.807) is 23.1 Å². The first-order valence-corrected chi connectivity index (χ1v) is 10.8. The molecule has 2 aliphatic heterocycles. The van der Waals surface area contributed by atoms with Crippen LogP contribution in [0.25, 0.3) is 11.0 Å². The summed E-state index contributed by atoms with van der Waals surface area (Å²) in [5.41, 5.74) is 1.54. The quantitative estimate of drug-likeness (QED) is 0.239. The molecule has 1 aromatic heterocycles. The number of imidazole rings is 1. The van der Waals surface area contributed by atoms with Gasteiger partial charge in [-0.25, -0.2) is 9.79 Å². The van der Waals surface area contributed by atoms with Gasteiger partial charge in [0.2, 0.25) is 17.8 Å². The van der Waals surface area contributed by atoms with Gasteiger partial charge in [0, 0.05) is 25.3 Å². The molecular formula is C21H26N8O3. The summed E-state index contributed by atoms with van der Waals surface area (Å²) in [5.74, 6) is -0.0990. The van der Waals surface area contributed by atoms with Crippen molar-refractivity contribution in [2.24, 2.45) is 4.99 Å². The van der Waals surface area contributed by atoms with Crippen LogP contribution in [0, 0.1) is 11.5 Å². The molecule has 0 aliphatic carbocycles. The normalized spacial score (nSPS) is 19.7.